The van der Waals surface area contributed by atoms with Crippen molar-refractivity contribution in [3.63, 3.8) is 0 Å². The van der Waals surface area contributed by atoms with Crippen LogP contribution in [-0.2, 0) is 36.8 Å². The SMILES string of the molecule is CCCCCCOc1nsnc1C1=CCC[N+](C)(C(C)OC(=O)Cc2ccccc2OC(=O)C2CCCCC2)C1.O=C(Cl)Cc1ccccc1OC(=O)C1CCCCC1.[I-]. The zero-order valence-electron chi connectivity index (χ0n) is 35.3. The Labute approximate surface area is 381 Å². The lowest BCUT2D eigenvalue weighted by atomic mass is 9.89. The molecule has 0 saturated heterocycles. The van der Waals surface area contributed by atoms with Crippen LogP contribution in [0.15, 0.2) is 54.6 Å². The van der Waals surface area contributed by atoms with Crippen molar-refractivity contribution in [3.8, 4) is 17.4 Å². The van der Waals surface area contributed by atoms with Crippen molar-refractivity contribution in [2.45, 2.75) is 129 Å². The van der Waals surface area contributed by atoms with Gasteiger partial charge in [-0.3, -0.25) is 23.7 Å². The van der Waals surface area contributed by atoms with Gasteiger partial charge in [0.25, 0.3) is 5.88 Å². The number of quaternary nitrogens is 1. The van der Waals surface area contributed by atoms with Gasteiger partial charge in [0.1, 0.15) is 23.7 Å². The van der Waals surface area contributed by atoms with Crippen LogP contribution in [0.3, 0.4) is 0 Å². The summed E-state index contributed by atoms with van der Waals surface area (Å²) in [6.07, 6.45) is 17.6. The minimum absolute atomic E-state index is 0. The molecule has 0 radical (unpaired) electrons. The van der Waals surface area contributed by atoms with Crippen molar-refractivity contribution in [2.24, 2.45) is 11.8 Å². The van der Waals surface area contributed by atoms with Crippen molar-refractivity contribution in [3.05, 3.63) is 71.4 Å². The molecule has 60 heavy (non-hydrogen) atoms. The zero-order valence-corrected chi connectivity index (χ0v) is 39.1. The van der Waals surface area contributed by atoms with Crippen molar-refractivity contribution in [2.75, 3.05) is 26.7 Å². The van der Waals surface area contributed by atoms with Gasteiger partial charge in [0, 0.05) is 30.0 Å². The van der Waals surface area contributed by atoms with Crippen LogP contribution in [0, 0.1) is 11.8 Å². The van der Waals surface area contributed by atoms with Crippen LogP contribution < -0.4 is 38.2 Å². The van der Waals surface area contributed by atoms with Gasteiger partial charge in [-0.2, -0.15) is 4.37 Å². The second-order valence-corrected chi connectivity index (χ2v) is 17.2. The van der Waals surface area contributed by atoms with Gasteiger partial charge >= 0.3 is 17.9 Å². The monoisotopic (exact) mass is 977 g/mol. The minimum Gasteiger partial charge on any atom is -1.00 e. The summed E-state index contributed by atoms with van der Waals surface area (Å²) in [7, 11) is 2.11. The van der Waals surface area contributed by atoms with Gasteiger partial charge in [-0.15, -0.1) is 4.37 Å². The Morgan fingerprint density at radius 3 is 1.93 bits per heavy atom. The molecule has 2 unspecified atom stereocenters. The fourth-order valence-electron chi connectivity index (χ4n) is 7.94. The van der Waals surface area contributed by atoms with Crippen LogP contribution in [0.1, 0.15) is 127 Å². The van der Waals surface area contributed by atoms with Crippen molar-refractivity contribution >= 4 is 52.1 Å². The number of unbranched alkanes of at least 4 members (excludes halogenated alkanes) is 3. The van der Waals surface area contributed by atoms with Gasteiger partial charge in [-0.05, 0) is 55.8 Å². The maximum atomic E-state index is 13.1. The number of rotatable bonds is 17. The van der Waals surface area contributed by atoms with Gasteiger partial charge in [-0.25, -0.2) is 0 Å². The van der Waals surface area contributed by atoms with Crippen LogP contribution in [0.2, 0.25) is 0 Å². The first-order valence-corrected chi connectivity index (χ1v) is 22.6. The Kier molecular flexibility index (Phi) is 20.9. The van der Waals surface area contributed by atoms with E-state index in [1.807, 2.05) is 25.1 Å². The Balaban J connectivity index is 0.000000332. The number of hydrogen-bond acceptors (Lipinski definition) is 11. The number of carbonyl (C=O) groups is 4. The van der Waals surface area contributed by atoms with E-state index in [-0.39, 0.29) is 72.8 Å². The molecule has 3 aromatic rings. The first kappa shape index (κ1) is 49.3. The molecule has 11 nitrogen and oxygen atoms in total. The largest absolute Gasteiger partial charge is 1.00 e. The van der Waals surface area contributed by atoms with Crippen LogP contribution >= 0.6 is 23.3 Å². The Bertz CT molecular complexity index is 1880. The summed E-state index contributed by atoms with van der Waals surface area (Å²) in [5.74, 6) is 0.722. The number of carbonyl (C=O) groups excluding carboxylic acids is 4. The highest BCUT2D eigenvalue weighted by Crippen LogP contribution is 2.33. The fourth-order valence-corrected chi connectivity index (χ4v) is 8.62. The second kappa shape index (κ2) is 25.5. The summed E-state index contributed by atoms with van der Waals surface area (Å²) >= 11 is 6.56. The third kappa shape index (κ3) is 15.2. The van der Waals surface area contributed by atoms with E-state index in [0.717, 1.165) is 88.4 Å². The molecule has 14 heteroatoms. The Morgan fingerprint density at radius 1 is 0.800 bits per heavy atom. The molecule has 2 fully saturated rings. The molecular formula is C46H61ClIN3O8S. The molecule has 1 aromatic heterocycles. The summed E-state index contributed by atoms with van der Waals surface area (Å²) in [5, 5.41) is -0.457. The lowest BCUT2D eigenvalue weighted by molar-refractivity contribution is -0.944. The van der Waals surface area contributed by atoms with E-state index in [1.54, 1.807) is 30.3 Å². The second-order valence-electron chi connectivity index (χ2n) is 16.2. The minimum atomic E-state index is -0.457. The van der Waals surface area contributed by atoms with E-state index in [0.29, 0.717) is 46.1 Å². The van der Waals surface area contributed by atoms with E-state index in [4.69, 9.17) is 30.5 Å². The predicted octanol–water partition coefficient (Wildman–Crippen LogP) is 6.83. The lowest BCUT2D eigenvalue weighted by Crippen LogP contribution is -3.00. The van der Waals surface area contributed by atoms with Gasteiger partial charge in [0.15, 0.2) is 0 Å². The average Bonchev–Trinajstić information content (AvgIpc) is 3.71. The van der Waals surface area contributed by atoms with E-state index >= 15 is 0 Å². The molecule has 0 amide bonds. The number of nitrogens with zero attached hydrogens (tertiary/aromatic N) is 3. The molecule has 1 aliphatic heterocycles. The Morgan fingerprint density at radius 2 is 1.37 bits per heavy atom. The van der Waals surface area contributed by atoms with Gasteiger partial charge < -0.3 is 42.9 Å². The molecule has 0 spiro atoms. The standard InChI is InChI=1S/C31H44N3O5S.C15H17ClO3.HI/c1-4-5-6-12-20-37-30-29(32-40-33-30)26-17-13-19-34(3,22-26)23(2)38-28(35)21-25-16-10-11-18-27(25)39-31(36)24-14-8-7-9-15-24;16-14(17)10-12-8-4-5-9-13(12)19-15(18)11-6-2-1-3-7-11;/h10-11,16-18,23-24H,4-9,12-15,19-22H2,1-3H3;4-5,8-9,11H,1-3,6-7,10H2;1H/q+1;;/p-1. The number of likely N-dealkylation sites (N-methyl/N-ethyl adjacent to an activating group) is 1. The van der Waals surface area contributed by atoms with Crippen molar-refractivity contribution in [1.82, 2.24) is 8.75 Å². The smallest absolute Gasteiger partial charge is 0.314 e. The Hall–Kier alpha value is -3.40. The lowest BCUT2D eigenvalue weighted by Gasteiger charge is -2.41. The highest BCUT2D eigenvalue weighted by atomic mass is 127. The summed E-state index contributed by atoms with van der Waals surface area (Å²) in [6, 6.07) is 14.3. The molecular weight excluding hydrogens is 917 g/mol. The molecule has 2 aromatic carbocycles. The quantitative estimate of drug-likeness (QED) is 0.0355. The fraction of sp³-hybridized carbons (Fsp3) is 0.565. The van der Waals surface area contributed by atoms with Crippen LogP contribution in [0.25, 0.3) is 5.57 Å². The predicted molar refractivity (Wildman–Crippen MR) is 229 cm³/mol. The normalized spacial score (nSPS) is 18.7. The molecule has 3 aliphatic rings. The third-order valence-electron chi connectivity index (χ3n) is 11.6. The van der Waals surface area contributed by atoms with Gasteiger partial charge in [-0.1, -0.05) is 107 Å². The first-order chi connectivity index (χ1) is 28.6. The van der Waals surface area contributed by atoms with E-state index in [1.165, 1.54) is 37.4 Å². The topological polar surface area (TPSA) is 131 Å². The third-order valence-corrected chi connectivity index (χ3v) is 12.3. The highest BCUT2D eigenvalue weighted by molar-refractivity contribution is 6.99. The number of aromatic nitrogens is 2. The number of hydrogen-bond donors (Lipinski definition) is 0. The van der Waals surface area contributed by atoms with E-state index < -0.39 is 5.24 Å². The summed E-state index contributed by atoms with van der Waals surface area (Å²) < 4.78 is 32.6. The van der Waals surface area contributed by atoms with Crippen LogP contribution in [0.4, 0.5) is 0 Å². The summed E-state index contributed by atoms with van der Waals surface area (Å²) in [5.41, 5.74) is 3.21. The molecule has 0 bridgehead atoms. The molecule has 2 heterocycles. The van der Waals surface area contributed by atoms with Crippen molar-refractivity contribution < 1.29 is 66.6 Å². The number of halogens is 2. The molecule has 2 aliphatic carbocycles. The number of ether oxygens (including phenoxy) is 4. The first-order valence-electron chi connectivity index (χ1n) is 21.5. The van der Waals surface area contributed by atoms with Gasteiger partial charge in [0.05, 0.1) is 56.6 Å². The molecule has 328 valence electrons. The van der Waals surface area contributed by atoms with Crippen molar-refractivity contribution in [1.29, 1.82) is 0 Å². The molecule has 2 atom stereocenters. The number of esters is 3. The maximum Gasteiger partial charge on any atom is 0.314 e. The zero-order chi connectivity index (χ0) is 42.0. The molecule has 6 rings (SSSR count). The average molecular weight is 978 g/mol. The number of para-hydroxylation sites is 2. The summed E-state index contributed by atoms with van der Waals surface area (Å²) in [6.45, 7) is 6.30. The van der Waals surface area contributed by atoms with Crippen LogP contribution in [-0.4, -0.2) is 69.4 Å². The van der Waals surface area contributed by atoms with Gasteiger partial charge in [0.2, 0.25) is 11.5 Å². The molecule has 2 saturated carbocycles. The van der Waals surface area contributed by atoms with E-state index in [9.17, 15) is 19.2 Å². The number of benzene rings is 2. The highest BCUT2D eigenvalue weighted by Gasteiger charge is 2.37. The van der Waals surface area contributed by atoms with E-state index in [2.05, 4.69) is 28.8 Å². The summed E-state index contributed by atoms with van der Waals surface area (Å²) in [4.78, 5) is 48.8. The maximum absolute atomic E-state index is 13.1. The van der Waals surface area contributed by atoms with Crippen LogP contribution in [0.5, 0.6) is 17.4 Å². The molecule has 0 N–H and O–H groups in total.